The number of halogens is 3. The second kappa shape index (κ2) is 6.12. The molecule has 5 heteroatoms. The lowest BCUT2D eigenvalue weighted by atomic mass is 9.87. The molecule has 0 radical (unpaired) electrons. The molecule has 0 N–H and O–H groups in total. The number of fused-ring (bicyclic) bond motifs is 1. The van der Waals surface area contributed by atoms with E-state index in [-0.39, 0.29) is 5.41 Å². The average Bonchev–Trinajstić information content (AvgIpc) is 2.75. The summed E-state index contributed by atoms with van der Waals surface area (Å²) in [7, 11) is 0. The van der Waals surface area contributed by atoms with E-state index >= 15 is 0 Å². The molecule has 120 valence electrons. The van der Waals surface area contributed by atoms with Crippen LogP contribution in [0.1, 0.15) is 31.9 Å². The molecule has 0 aliphatic heterocycles. The molecular formula is C18H17BrCl2N2. The van der Waals surface area contributed by atoms with Gasteiger partial charge < -0.3 is 4.57 Å². The van der Waals surface area contributed by atoms with E-state index in [1.807, 2.05) is 6.07 Å². The van der Waals surface area contributed by atoms with Gasteiger partial charge in [0.15, 0.2) is 4.73 Å². The Balaban J connectivity index is 1.98. The highest BCUT2D eigenvalue weighted by Gasteiger charge is 2.14. The number of aromatic nitrogens is 2. The lowest BCUT2D eigenvalue weighted by molar-refractivity contribution is 0.590. The van der Waals surface area contributed by atoms with E-state index in [2.05, 4.69) is 70.5 Å². The molecule has 1 aromatic heterocycles. The summed E-state index contributed by atoms with van der Waals surface area (Å²) < 4.78 is 2.86. The molecule has 0 saturated carbocycles. The Bertz CT molecular complexity index is 861. The van der Waals surface area contributed by atoms with E-state index in [1.165, 1.54) is 11.1 Å². The standard InChI is InChI=1S/C18H17BrCl2N2/c1-18(2,3)12-6-4-11(5-7-12)10-23-16-9-14(21)13(20)8-15(16)22-17(23)19/h4-9H,10H2,1-3H3. The summed E-state index contributed by atoms with van der Waals surface area (Å²) in [4.78, 5) is 4.50. The minimum absolute atomic E-state index is 0.158. The summed E-state index contributed by atoms with van der Waals surface area (Å²) in [5.41, 5.74) is 4.49. The first-order valence-electron chi connectivity index (χ1n) is 7.36. The highest BCUT2D eigenvalue weighted by atomic mass is 79.9. The van der Waals surface area contributed by atoms with Gasteiger partial charge in [0, 0.05) is 0 Å². The van der Waals surface area contributed by atoms with Crippen LogP contribution in [-0.4, -0.2) is 9.55 Å². The molecule has 0 unspecified atom stereocenters. The quantitative estimate of drug-likeness (QED) is 0.473. The van der Waals surface area contributed by atoms with Gasteiger partial charge in [-0.3, -0.25) is 0 Å². The third-order valence-electron chi connectivity index (χ3n) is 3.90. The monoisotopic (exact) mass is 410 g/mol. The summed E-state index contributed by atoms with van der Waals surface area (Å²) >= 11 is 15.8. The highest BCUT2D eigenvalue weighted by Crippen LogP contribution is 2.30. The minimum Gasteiger partial charge on any atom is -0.314 e. The van der Waals surface area contributed by atoms with Gasteiger partial charge in [0.05, 0.1) is 27.6 Å². The number of rotatable bonds is 2. The highest BCUT2D eigenvalue weighted by molar-refractivity contribution is 9.10. The fourth-order valence-electron chi connectivity index (χ4n) is 2.53. The van der Waals surface area contributed by atoms with Crippen molar-refractivity contribution in [2.45, 2.75) is 32.7 Å². The maximum Gasteiger partial charge on any atom is 0.178 e. The number of hydrogen-bond donors (Lipinski definition) is 0. The molecule has 23 heavy (non-hydrogen) atoms. The van der Waals surface area contributed by atoms with Crippen molar-refractivity contribution in [3.63, 3.8) is 0 Å². The molecule has 2 aromatic carbocycles. The molecule has 0 fully saturated rings. The van der Waals surface area contributed by atoms with Gasteiger partial charge >= 0.3 is 0 Å². The number of nitrogens with zero attached hydrogens (tertiary/aromatic N) is 2. The van der Waals surface area contributed by atoms with Crippen LogP contribution in [0.3, 0.4) is 0 Å². The molecule has 0 spiro atoms. The van der Waals surface area contributed by atoms with Crippen LogP contribution < -0.4 is 0 Å². The first kappa shape index (κ1) is 16.8. The van der Waals surface area contributed by atoms with Crippen molar-refractivity contribution in [2.75, 3.05) is 0 Å². The molecule has 0 atom stereocenters. The number of benzene rings is 2. The van der Waals surface area contributed by atoms with Crippen molar-refractivity contribution >= 4 is 50.2 Å². The van der Waals surface area contributed by atoms with Crippen molar-refractivity contribution in [3.8, 4) is 0 Å². The average molecular weight is 412 g/mol. The first-order chi connectivity index (χ1) is 10.8. The molecule has 0 saturated heterocycles. The fourth-order valence-corrected chi connectivity index (χ4v) is 3.36. The Morgan fingerprint density at radius 3 is 2.26 bits per heavy atom. The fraction of sp³-hybridized carbons (Fsp3) is 0.278. The SMILES string of the molecule is CC(C)(C)c1ccc(Cn2c(Br)nc3cc(Cl)c(Cl)cc32)cc1. The van der Waals surface area contributed by atoms with Gasteiger partial charge in [0.2, 0.25) is 0 Å². The van der Waals surface area contributed by atoms with Gasteiger partial charge in [-0.1, -0.05) is 68.2 Å². The molecule has 0 amide bonds. The third-order valence-corrected chi connectivity index (χ3v) is 5.23. The third kappa shape index (κ3) is 3.42. The Labute approximate surface area is 154 Å². The van der Waals surface area contributed by atoms with Gasteiger partial charge in [0.1, 0.15) is 0 Å². The lowest BCUT2D eigenvalue weighted by Gasteiger charge is -2.19. The first-order valence-corrected chi connectivity index (χ1v) is 8.91. The van der Waals surface area contributed by atoms with E-state index in [9.17, 15) is 0 Å². The van der Waals surface area contributed by atoms with Crippen LogP contribution in [0.15, 0.2) is 41.1 Å². The van der Waals surface area contributed by atoms with E-state index in [4.69, 9.17) is 23.2 Å². The van der Waals surface area contributed by atoms with Crippen molar-refractivity contribution in [3.05, 3.63) is 62.3 Å². The Hall–Kier alpha value is -1.03. The summed E-state index contributed by atoms with van der Waals surface area (Å²) in [6.45, 7) is 7.37. The van der Waals surface area contributed by atoms with Crippen LogP contribution in [0.2, 0.25) is 10.0 Å². The molecule has 0 aliphatic rings. The largest absolute Gasteiger partial charge is 0.314 e. The minimum atomic E-state index is 0.158. The summed E-state index contributed by atoms with van der Waals surface area (Å²) in [5.74, 6) is 0. The van der Waals surface area contributed by atoms with E-state index in [0.29, 0.717) is 10.0 Å². The van der Waals surface area contributed by atoms with Crippen LogP contribution in [0.5, 0.6) is 0 Å². The van der Waals surface area contributed by atoms with Crippen molar-refractivity contribution in [1.29, 1.82) is 0 Å². The zero-order chi connectivity index (χ0) is 16.8. The normalized spacial score (nSPS) is 12.1. The van der Waals surface area contributed by atoms with E-state index in [0.717, 1.165) is 22.3 Å². The van der Waals surface area contributed by atoms with E-state index in [1.54, 1.807) is 6.07 Å². The predicted octanol–water partition coefficient (Wildman–Crippen LogP) is 6.45. The van der Waals surface area contributed by atoms with Crippen LogP contribution in [-0.2, 0) is 12.0 Å². The zero-order valence-corrected chi connectivity index (χ0v) is 16.3. The van der Waals surface area contributed by atoms with Crippen LogP contribution in [0.25, 0.3) is 11.0 Å². The second-order valence-corrected chi connectivity index (χ2v) is 8.19. The van der Waals surface area contributed by atoms with Crippen molar-refractivity contribution in [2.24, 2.45) is 0 Å². The Morgan fingerprint density at radius 1 is 1.04 bits per heavy atom. The van der Waals surface area contributed by atoms with E-state index < -0.39 is 0 Å². The molecule has 3 aromatic rings. The molecule has 0 bridgehead atoms. The molecular weight excluding hydrogens is 395 g/mol. The van der Waals surface area contributed by atoms with Crippen LogP contribution >= 0.6 is 39.1 Å². The van der Waals surface area contributed by atoms with Crippen molar-refractivity contribution < 1.29 is 0 Å². The summed E-state index contributed by atoms with van der Waals surface area (Å²) in [6, 6.07) is 12.4. The molecule has 0 aliphatic carbocycles. The molecule has 1 heterocycles. The Morgan fingerprint density at radius 2 is 1.65 bits per heavy atom. The Kier molecular flexibility index (Phi) is 4.47. The number of imidazole rings is 1. The number of hydrogen-bond acceptors (Lipinski definition) is 1. The van der Waals surface area contributed by atoms with Gasteiger partial charge in [-0.2, -0.15) is 0 Å². The predicted molar refractivity (Wildman–Crippen MR) is 102 cm³/mol. The van der Waals surface area contributed by atoms with Gasteiger partial charge in [0.25, 0.3) is 0 Å². The molecule has 2 nitrogen and oxygen atoms in total. The van der Waals surface area contributed by atoms with Gasteiger partial charge in [-0.15, -0.1) is 0 Å². The zero-order valence-electron chi connectivity index (χ0n) is 13.2. The van der Waals surface area contributed by atoms with Crippen LogP contribution in [0, 0.1) is 0 Å². The molecule has 3 rings (SSSR count). The maximum atomic E-state index is 6.15. The topological polar surface area (TPSA) is 17.8 Å². The van der Waals surface area contributed by atoms with Crippen LogP contribution in [0.4, 0.5) is 0 Å². The second-order valence-electron chi connectivity index (χ2n) is 6.67. The summed E-state index contributed by atoms with van der Waals surface area (Å²) in [6.07, 6.45) is 0. The van der Waals surface area contributed by atoms with Gasteiger partial charge in [-0.05, 0) is 44.6 Å². The smallest absolute Gasteiger partial charge is 0.178 e. The summed E-state index contributed by atoms with van der Waals surface area (Å²) in [5, 5.41) is 1.06. The lowest BCUT2D eigenvalue weighted by Crippen LogP contribution is -2.11. The van der Waals surface area contributed by atoms with Crippen molar-refractivity contribution in [1.82, 2.24) is 9.55 Å². The maximum absolute atomic E-state index is 6.15. The van der Waals surface area contributed by atoms with Gasteiger partial charge in [-0.25, -0.2) is 4.98 Å².